The van der Waals surface area contributed by atoms with E-state index in [1.807, 2.05) is 13.1 Å². The molecule has 1 aliphatic rings. The van der Waals surface area contributed by atoms with Gasteiger partial charge in [-0.05, 0) is 44.1 Å². The third kappa shape index (κ3) is 3.94. The number of carbonyl (C=O) groups excluding carboxylic acids is 1. The molecule has 104 valence electrons. The minimum Gasteiger partial charge on any atom is -0.340 e. The van der Waals surface area contributed by atoms with Crippen LogP contribution in [0.1, 0.15) is 23.2 Å². The molecule has 0 radical (unpaired) electrons. The zero-order valence-electron chi connectivity index (χ0n) is 11.0. The second kappa shape index (κ2) is 6.73. The molecule has 2 rings (SSSR count). The Morgan fingerprint density at radius 3 is 2.79 bits per heavy atom. The molecule has 0 N–H and O–H groups in total. The molecule has 0 atom stereocenters. The van der Waals surface area contributed by atoms with Crippen LogP contribution < -0.4 is 0 Å². The van der Waals surface area contributed by atoms with E-state index in [1.54, 1.807) is 17.0 Å². The van der Waals surface area contributed by atoms with E-state index >= 15 is 0 Å². The topological polar surface area (TPSA) is 23.6 Å². The van der Waals surface area contributed by atoms with E-state index in [4.69, 9.17) is 11.6 Å². The summed E-state index contributed by atoms with van der Waals surface area (Å²) in [7, 11) is 1.83. The van der Waals surface area contributed by atoms with E-state index in [0.29, 0.717) is 10.6 Å². The normalized spacial score (nSPS) is 15.7. The predicted molar refractivity (Wildman–Crippen MR) is 81.8 cm³/mol. The zero-order valence-corrected chi connectivity index (χ0v) is 13.4. The molecule has 1 aliphatic heterocycles. The highest BCUT2D eigenvalue weighted by atomic mass is 79.9. The molecular formula is C14H18BrClN2O. The van der Waals surface area contributed by atoms with Gasteiger partial charge in [-0.15, -0.1) is 0 Å². The Kier molecular flexibility index (Phi) is 5.25. The minimum absolute atomic E-state index is 0.0227. The standard InChI is InChI=1S/C14H18BrClN2O/c1-17(8-9-18-6-2-3-7-18)14(19)12-10-11(15)4-5-13(12)16/h4-5,10H,2-3,6-9H2,1H3. The summed E-state index contributed by atoms with van der Waals surface area (Å²) < 4.78 is 0.869. The molecule has 0 aromatic heterocycles. The Hall–Kier alpha value is -0.580. The van der Waals surface area contributed by atoms with Crippen LogP contribution in [0.2, 0.25) is 5.02 Å². The van der Waals surface area contributed by atoms with Crippen molar-refractivity contribution in [3.63, 3.8) is 0 Å². The van der Waals surface area contributed by atoms with Gasteiger partial charge in [0, 0.05) is 24.6 Å². The lowest BCUT2D eigenvalue weighted by molar-refractivity contribution is 0.0782. The molecule has 1 saturated heterocycles. The van der Waals surface area contributed by atoms with Gasteiger partial charge in [-0.3, -0.25) is 4.79 Å². The molecule has 1 amide bonds. The number of halogens is 2. The van der Waals surface area contributed by atoms with Crippen LogP contribution in [-0.2, 0) is 0 Å². The highest BCUT2D eigenvalue weighted by Gasteiger charge is 2.17. The van der Waals surface area contributed by atoms with Crippen molar-refractivity contribution in [3.05, 3.63) is 33.3 Å². The number of hydrogen-bond acceptors (Lipinski definition) is 2. The van der Waals surface area contributed by atoms with Gasteiger partial charge in [0.2, 0.25) is 0 Å². The van der Waals surface area contributed by atoms with Crippen LogP contribution in [0.4, 0.5) is 0 Å². The van der Waals surface area contributed by atoms with Crippen LogP contribution in [0.3, 0.4) is 0 Å². The van der Waals surface area contributed by atoms with Crippen LogP contribution in [0, 0.1) is 0 Å². The first-order valence-corrected chi connectivity index (χ1v) is 7.68. The minimum atomic E-state index is -0.0227. The Balaban J connectivity index is 1.95. The lowest BCUT2D eigenvalue weighted by Crippen LogP contribution is -2.35. The van der Waals surface area contributed by atoms with Crippen molar-refractivity contribution in [2.24, 2.45) is 0 Å². The van der Waals surface area contributed by atoms with Crippen molar-refractivity contribution >= 4 is 33.4 Å². The Morgan fingerprint density at radius 2 is 2.11 bits per heavy atom. The molecule has 0 aliphatic carbocycles. The van der Waals surface area contributed by atoms with E-state index in [2.05, 4.69) is 20.8 Å². The first-order valence-electron chi connectivity index (χ1n) is 6.51. The Labute approximate surface area is 127 Å². The molecule has 0 unspecified atom stereocenters. The summed E-state index contributed by atoms with van der Waals surface area (Å²) >= 11 is 9.45. The second-order valence-electron chi connectivity index (χ2n) is 4.90. The summed E-state index contributed by atoms with van der Waals surface area (Å²) in [5.41, 5.74) is 0.556. The third-order valence-electron chi connectivity index (χ3n) is 3.46. The van der Waals surface area contributed by atoms with Gasteiger partial charge in [-0.25, -0.2) is 0 Å². The van der Waals surface area contributed by atoms with Crippen LogP contribution >= 0.6 is 27.5 Å². The number of nitrogens with zero attached hydrogens (tertiary/aromatic N) is 2. The second-order valence-corrected chi connectivity index (χ2v) is 6.22. The Bertz CT molecular complexity index is 461. The number of likely N-dealkylation sites (tertiary alicyclic amines) is 1. The SMILES string of the molecule is CN(CCN1CCCC1)C(=O)c1cc(Br)ccc1Cl. The van der Waals surface area contributed by atoms with Gasteiger partial charge < -0.3 is 9.80 Å². The molecule has 0 bridgehead atoms. The first kappa shape index (κ1) is 14.8. The highest BCUT2D eigenvalue weighted by molar-refractivity contribution is 9.10. The van der Waals surface area contributed by atoms with Gasteiger partial charge in [-0.1, -0.05) is 27.5 Å². The van der Waals surface area contributed by atoms with E-state index in [0.717, 1.165) is 30.7 Å². The van der Waals surface area contributed by atoms with Crippen LogP contribution in [-0.4, -0.2) is 48.9 Å². The smallest absolute Gasteiger partial charge is 0.255 e. The summed E-state index contributed by atoms with van der Waals surface area (Å²) in [4.78, 5) is 16.5. The quantitative estimate of drug-likeness (QED) is 0.836. The highest BCUT2D eigenvalue weighted by Crippen LogP contribution is 2.22. The monoisotopic (exact) mass is 344 g/mol. The number of benzene rings is 1. The number of rotatable bonds is 4. The van der Waals surface area contributed by atoms with Gasteiger partial charge >= 0.3 is 0 Å². The fourth-order valence-corrected chi connectivity index (χ4v) is 2.83. The zero-order chi connectivity index (χ0) is 13.8. The van der Waals surface area contributed by atoms with Crippen LogP contribution in [0.5, 0.6) is 0 Å². The van der Waals surface area contributed by atoms with E-state index in [-0.39, 0.29) is 5.91 Å². The maximum Gasteiger partial charge on any atom is 0.255 e. The molecule has 1 aromatic carbocycles. The summed E-state index contributed by atoms with van der Waals surface area (Å²) in [6, 6.07) is 5.35. The maximum absolute atomic E-state index is 12.3. The van der Waals surface area contributed by atoms with Crippen molar-refractivity contribution in [1.29, 1.82) is 0 Å². The van der Waals surface area contributed by atoms with E-state index in [1.165, 1.54) is 12.8 Å². The number of likely N-dealkylation sites (N-methyl/N-ethyl adjacent to an activating group) is 1. The third-order valence-corrected chi connectivity index (χ3v) is 4.28. The molecule has 1 heterocycles. The average Bonchev–Trinajstić information content (AvgIpc) is 2.91. The molecular weight excluding hydrogens is 328 g/mol. The molecule has 1 aromatic rings. The number of hydrogen-bond donors (Lipinski definition) is 0. The van der Waals surface area contributed by atoms with Crippen molar-refractivity contribution in [2.75, 3.05) is 33.2 Å². The van der Waals surface area contributed by atoms with Crippen molar-refractivity contribution in [1.82, 2.24) is 9.80 Å². The van der Waals surface area contributed by atoms with Crippen LogP contribution in [0.25, 0.3) is 0 Å². The number of amides is 1. The molecule has 1 fully saturated rings. The fraction of sp³-hybridized carbons (Fsp3) is 0.500. The Morgan fingerprint density at radius 1 is 1.42 bits per heavy atom. The van der Waals surface area contributed by atoms with Crippen LogP contribution in [0.15, 0.2) is 22.7 Å². The predicted octanol–water partition coefficient (Wildman–Crippen LogP) is 3.27. The maximum atomic E-state index is 12.3. The van der Waals surface area contributed by atoms with E-state index in [9.17, 15) is 4.79 Å². The van der Waals surface area contributed by atoms with Gasteiger partial charge in [0.05, 0.1) is 10.6 Å². The van der Waals surface area contributed by atoms with Crippen molar-refractivity contribution in [2.45, 2.75) is 12.8 Å². The molecule has 3 nitrogen and oxygen atoms in total. The van der Waals surface area contributed by atoms with Crippen molar-refractivity contribution < 1.29 is 4.79 Å². The largest absolute Gasteiger partial charge is 0.340 e. The van der Waals surface area contributed by atoms with Gasteiger partial charge in [0.25, 0.3) is 5.91 Å². The molecule has 5 heteroatoms. The van der Waals surface area contributed by atoms with Crippen molar-refractivity contribution in [3.8, 4) is 0 Å². The van der Waals surface area contributed by atoms with Gasteiger partial charge in [0.1, 0.15) is 0 Å². The lowest BCUT2D eigenvalue weighted by Gasteiger charge is -2.22. The van der Waals surface area contributed by atoms with E-state index < -0.39 is 0 Å². The van der Waals surface area contributed by atoms with Gasteiger partial charge in [0.15, 0.2) is 0 Å². The number of carbonyl (C=O) groups is 1. The van der Waals surface area contributed by atoms with Gasteiger partial charge in [-0.2, -0.15) is 0 Å². The summed E-state index contributed by atoms with van der Waals surface area (Å²) in [6.45, 7) is 3.98. The lowest BCUT2D eigenvalue weighted by atomic mass is 10.2. The molecule has 0 spiro atoms. The summed E-state index contributed by atoms with van der Waals surface area (Å²) in [5, 5.41) is 0.501. The molecule has 19 heavy (non-hydrogen) atoms. The molecule has 0 saturated carbocycles. The fourth-order valence-electron chi connectivity index (χ4n) is 2.27. The summed E-state index contributed by atoms with van der Waals surface area (Å²) in [6.07, 6.45) is 2.55. The average molecular weight is 346 g/mol. The first-order chi connectivity index (χ1) is 9.08. The summed E-state index contributed by atoms with van der Waals surface area (Å²) in [5.74, 6) is -0.0227.